The van der Waals surface area contributed by atoms with E-state index in [-0.39, 0.29) is 5.78 Å². The zero-order chi connectivity index (χ0) is 24.4. The quantitative estimate of drug-likeness (QED) is 0.118. The van der Waals surface area contributed by atoms with Gasteiger partial charge in [0.15, 0.2) is 5.76 Å². The molecule has 0 aliphatic heterocycles. The van der Waals surface area contributed by atoms with Crippen LogP contribution in [0.3, 0.4) is 0 Å². The lowest BCUT2D eigenvalue weighted by Crippen LogP contribution is -2.00. The fourth-order valence-electron chi connectivity index (χ4n) is 3.81. The summed E-state index contributed by atoms with van der Waals surface area (Å²) < 4.78 is 11.7. The molecule has 0 saturated heterocycles. The van der Waals surface area contributed by atoms with Gasteiger partial charge in [0.25, 0.3) is 0 Å². The van der Waals surface area contributed by atoms with Crippen molar-refractivity contribution in [2.75, 3.05) is 0 Å². The van der Waals surface area contributed by atoms with Crippen molar-refractivity contribution in [1.82, 2.24) is 0 Å². The van der Waals surface area contributed by atoms with E-state index >= 15 is 0 Å². The average Bonchev–Trinajstić information content (AvgIpc) is 3.33. The van der Waals surface area contributed by atoms with Gasteiger partial charge in [-0.05, 0) is 83.9 Å². The Morgan fingerprint density at radius 2 is 1.40 bits per heavy atom. The number of furan rings is 1. The van der Waals surface area contributed by atoms with Crippen LogP contribution in [0.25, 0.3) is 21.7 Å². The number of hydrogen-bond acceptors (Lipinski definition) is 6. The summed E-state index contributed by atoms with van der Waals surface area (Å²) in [6.07, 6.45) is 0. The van der Waals surface area contributed by atoms with E-state index in [9.17, 15) is 9.59 Å². The number of rotatable bonds is 6. The summed E-state index contributed by atoms with van der Waals surface area (Å²) in [6.45, 7) is 3.05. The number of carbonyl (C=O) groups excluding carboxylic acids is 2. The number of ether oxygens (including phenoxy) is 1. The van der Waals surface area contributed by atoms with E-state index in [1.54, 1.807) is 49.4 Å². The van der Waals surface area contributed by atoms with Gasteiger partial charge in [-0.3, -0.25) is 4.79 Å². The summed E-state index contributed by atoms with van der Waals surface area (Å²) in [5, 5.41) is 6.84. The lowest BCUT2D eigenvalue weighted by Gasteiger charge is -2.07. The molecule has 0 aliphatic rings. The summed E-state index contributed by atoms with van der Waals surface area (Å²) in [5.41, 5.74) is 2.57. The summed E-state index contributed by atoms with van der Waals surface area (Å²) >= 11 is 0. The first-order chi connectivity index (χ1) is 17.0. The van der Waals surface area contributed by atoms with E-state index in [1.807, 2.05) is 48.5 Å². The third-order valence-corrected chi connectivity index (χ3v) is 5.59. The van der Waals surface area contributed by atoms with Crippen LogP contribution in [0.15, 0.2) is 101 Å². The van der Waals surface area contributed by atoms with E-state index in [4.69, 9.17) is 9.15 Å². The minimum absolute atomic E-state index is 0.191. The number of oxime groups is 1. The number of ketones is 1. The Morgan fingerprint density at radius 3 is 2.09 bits per heavy atom. The molecule has 5 aromatic rings. The summed E-state index contributed by atoms with van der Waals surface area (Å²) in [5.74, 6) is 0.850. The highest BCUT2D eigenvalue weighted by Gasteiger charge is 2.16. The largest absolute Gasteiger partial charge is 0.457 e. The molecule has 1 aromatic heterocycles. The maximum atomic E-state index is 13.0. The molecule has 0 atom stereocenters. The molecule has 0 amide bonds. The van der Waals surface area contributed by atoms with Gasteiger partial charge in [-0.15, -0.1) is 0 Å². The molecule has 172 valence electrons. The third kappa shape index (κ3) is 4.68. The van der Waals surface area contributed by atoms with Crippen molar-refractivity contribution in [2.45, 2.75) is 13.8 Å². The van der Waals surface area contributed by atoms with E-state index in [1.165, 1.54) is 6.92 Å². The highest BCUT2D eigenvalue weighted by atomic mass is 16.7. The standard InChI is InChI=1S/C29H21NO5/c1-18(30-35-19(2)31)20-7-12-23(13-8-20)33-24-14-9-22(10-15-24)29(32)28-17-26-25-6-4-3-5-21(25)11-16-27(26)34-28/h3-17H,1-2H3/b30-18+. The van der Waals surface area contributed by atoms with Crippen LogP contribution >= 0.6 is 0 Å². The van der Waals surface area contributed by atoms with Crippen molar-refractivity contribution in [3.8, 4) is 11.5 Å². The van der Waals surface area contributed by atoms with Gasteiger partial charge >= 0.3 is 5.97 Å². The van der Waals surface area contributed by atoms with Gasteiger partial charge in [0.1, 0.15) is 17.1 Å². The molecule has 6 heteroatoms. The second-order valence-electron chi connectivity index (χ2n) is 8.05. The average molecular weight is 463 g/mol. The monoisotopic (exact) mass is 463 g/mol. The molecule has 35 heavy (non-hydrogen) atoms. The minimum atomic E-state index is -0.472. The van der Waals surface area contributed by atoms with E-state index in [0.29, 0.717) is 34.1 Å². The first kappa shape index (κ1) is 22.1. The summed E-state index contributed by atoms with van der Waals surface area (Å²) in [6, 6.07) is 27.8. The van der Waals surface area contributed by atoms with Crippen molar-refractivity contribution in [1.29, 1.82) is 0 Å². The molecule has 0 fully saturated rings. The van der Waals surface area contributed by atoms with Crippen LogP contribution in [0.5, 0.6) is 11.5 Å². The topological polar surface area (TPSA) is 78.1 Å². The van der Waals surface area contributed by atoms with Crippen LogP contribution < -0.4 is 4.74 Å². The molecular formula is C29H21NO5. The molecule has 1 heterocycles. The van der Waals surface area contributed by atoms with Crippen molar-refractivity contribution in [2.24, 2.45) is 5.16 Å². The van der Waals surface area contributed by atoms with Crippen LogP contribution in [0, 0.1) is 0 Å². The SMILES string of the molecule is CC(=O)O/N=C(\C)c1ccc(Oc2ccc(C(=O)c3cc4c(ccc5ccccc54)o3)cc2)cc1. The molecule has 0 aliphatic carbocycles. The predicted octanol–water partition coefficient (Wildman–Crippen LogP) is 6.90. The Kier molecular flexibility index (Phi) is 5.85. The van der Waals surface area contributed by atoms with Gasteiger partial charge in [0.2, 0.25) is 5.78 Å². The van der Waals surface area contributed by atoms with Crippen molar-refractivity contribution in [3.05, 3.63) is 108 Å². The Hall–Kier alpha value is -4.71. The molecule has 4 aromatic carbocycles. The second-order valence-corrected chi connectivity index (χ2v) is 8.05. The lowest BCUT2D eigenvalue weighted by atomic mass is 10.1. The maximum Gasteiger partial charge on any atom is 0.331 e. The normalized spacial score (nSPS) is 11.5. The van der Waals surface area contributed by atoms with Gasteiger partial charge in [-0.1, -0.05) is 35.5 Å². The van der Waals surface area contributed by atoms with Crippen LogP contribution in [-0.4, -0.2) is 17.5 Å². The highest BCUT2D eigenvalue weighted by Crippen LogP contribution is 2.30. The van der Waals surface area contributed by atoms with Crippen molar-refractivity contribution < 1.29 is 23.6 Å². The highest BCUT2D eigenvalue weighted by molar-refractivity contribution is 6.13. The molecule has 0 radical (unpaired) electrons. The Balaban J connectivity index is 1.31. The molecule has 0 bridgehead atoms. The van der Waals surface area contributed by atoms with Gasteiger partial charge in [0, 0.05) is 17.9 Å². The summed E-state index contributed by atoms with van der Waals surface area (Å²) in [7, 11) is 0. The molecule has 5 rings (SSSR count). The Labute approximate surface area is 201 Å². The first-order valence-electron chi connectivity index (χ1n) is 11.0. The molecule has 6 nitrogen and oxygen atoms in total. The van der Waals surface area contributed by atoms with Gasteiger partial charge < -0.3 is 14.0 Å². The lowest BCUT2D eigenvalue weighted by molar-refractivity contribution is -0.140. The Morgan fingerprint density at radius 1 is 0.743 bits per heavy atom. The smallest absolute Gasteiger partial charge is 0.331 e. The second kappa shape index (κ2) is 9.27. The molecule has 0 spiro atoms. The van der Waals surface area contributed by atoms with Crippen LogP contribution in [0.1, 0.15) is 35.5 Å². The minimum Gasteiger partial charge on any atom is -0.457 e. The maximum absolute atomic E-state index is 13.0. The van der Waals surface area contributed by atoms with E-state index in [0.717, 1.165) is 21.7 Å². The number of nitrogens with zero attached hydrogens (tertiary/aromatic N) is 1. The van der Waals surface area contributed by atoms with Gasteiger partial charge in [0.05, 0.1) is 5.71 Å². The van der Waals surface area contributed by atoms with Crippen LogP contribution in [0.2, 0.25) is 0 Å². The molecule has 0 saturated carbocycles. The predicted molar refractivity (Wildman–Crippen MR) is 134 cm³/mol. The Bertz CT molecular complexity index is 1580. The molecule has 0 unspecified atom stereocenters. The molecular weight excluding hydrogens is 442 g/mol. The molecule has 0 N–H and O–H groups in total. The van der Waals surface area contributed by atoms with Crippen LogP contribution in [-0.2, 0) is 9.63 Å². The fraction of sp³-hybridized carbons (Fsp3) is 0.0690. The van der Waals surface area contributed by atoms with E-state index in [2.05, 4.69) is 9.99 Å². The number of fused-ring (bicyclic) bond motifs is 3. The first-order valence-corrected chi connectivity index (χ1v) is 11.0. The van der Waals surface area contributed by atoms with E-state index < -0.39 is 5.97 Å². The number of carbonyl (C=O) groups is 2. The van der Waals surface area contributed by atoms with Crippen molar-refractivity contribution in [3.63, 3.8) is 0 Å². The zero-order valence-corrected chi connectivity index (χ0v) is 19.1. The van der Waals surface area contributed by atoms with Gasteiger partial charge in [-0.2, -0.15) is 0 Å². The third-order valence-electron chi connectivity index (χ3n) is 5.59. The summed E-state index contributed by atoms with van der Waals surface area (Å²) in [4.78, 5) is 28.6. The van der Waals surface area contributed by atoms with Crippen molar-refractivity contribution >= 4 is 39.2 Å². The fourth-order valence-corrected chi connectivity index (χ4v) is 3.81. The van der Waals surface area contributed by atoms with Gasteiger partial charge in [-0.25, -0.2) is 4.79 Å². The number of benzene rings is 4. The zero-order valence-electron chi connectivity index (χ0n) is 19.1. The van der Waals surface area contributed by atoms with Crippen LogP contribution in [0.4, 0.5) is 0 Å². The number of hydrogen-bond donors (Lipinski definition) is 0.